The SMILES string of the molecule is CC(C)c1ccc(C(=O)COC(=O)C(O)(c2ccccc2)c2ccccc2)cc1. The molecule has 0 fully saturated rings. The highest BCUT2D eigenvalue weighted by Crippen LogP contribution is 2.31. The van der Waals surface area contributed by atoms with Gasteiger partial charge in [-0.3, -0.25) is 4.79 Å². The average Bonchev–Trinajstić information content (AvgIpc) is 2.77. The summed E-state index contributed by atoms with van der Waals surface area (Å²) in [5, 5.41) is 11.3. The van der Waals surface area contributed by atoms with Crippen LogP contribution in [0.25, 0.3) is 0 Å². The van der Waals surface area contributed by atoms with Gasteiger partial charge in [0.1, 0.15) is 0 Å². The molecule has 0 unspecified atom stereocenters. The summed E-state index contributed by atoms with van der Waals surface area (Å²) in [6.07, 6.45) is 0. The van der Waals surface area contributed by atoms with E-state index in [1.807, 2.05) is 12.1 Å². The molecule has 4 heteroatoms. The zero-order valence-electron chi connectivity index (χ0n) is 16.5. The fourth-order valence-corrected chi connectivity index (χ4v) is 3.13. The van der Waals surface area contributed by atoms with Crippen molar-refractivity contribution in [2.75, 3.05) is 6.61 Å². The zero-order chi connectivity index (χ0) is 20.9. The van der Waals surface area contributed by atoms with E-state index < -0.39 is 18.2 Å². The van der Waals surface area contributed by atoms with Gasteiger partial charge in [-0.15, -0.1) is 0 Å². The minimum absolute atomic E-state index is 0.322. The van der Waals surface area contributed by atoms with Crippen molar-refractivity contribution >= 4 is 11.8 Å². The van der Waals surface area contributed by atoms with E-state index in [2.05, 4.69) is 13.8 Å². The Hall–Kier alpha value is -3.24. The lowest BCUT2D eigenvalue weighted by Gasteiger charge is -2.27. The molecule has 0 aliphatic rings. The van der Waals surface area contributed by atoms with Gasteiger partial charge in [0.15, 0.2) is 12.4 Å². The molecule has 0 aliphatic carbocycles. The first kappa shape index (κ1) is 20.5. The van der Waals surface area contributed by atoms with Gasteiger partial charge in [-0.25, -0.2) is 4.79 Å². The van der Waals surface area contributed by atoms with Crippen LogP contribution in [-0.4, -0.2) is 23.5 Å². The smallest absolute Gasteiger partial charge is 0.348 e. The summed E-state index contributed by atoms with van der Waals surface area (Å²) >= 11 is 0. The maximum absolute atomic E-state index is 12.9. The number of benzene rings is 3. The van der Waals surface area contributed by atoms with Crippen LogP contribution in [0.2, 0.25) is 0 Å². The van der Waals surface area contributed by atoms with Crippen LogP contribution in [0.3, 0.4) is 0 Å². The summed E-state index contributed by atoms with van der Waals surface area (Å²) in [5.41, 5.74) is 0.353. The Morgan fingerprint density at radius 1 is 0.828 bits per heavy atom. The Morgan fingerprint density at radius 3 is 1.76 bits per heavy atom. The van der Waals surface area contributed by atoms with E-state index in [-0.39, 0.29) is 5.78 Å². The Bertz CT molecular complexity index is 921. The van der Waals surface area contributed by atoms with Crippen LogP contribution < -0.4 is 0 Å². The molecule has 0 bridgehead atoms. The summed E-state index contributed by atoms with van der Waals surface area (Å²) in [5.74, 6) is -0.845. The number of esters is 1. The van der Waals surface area contributed by atoms with Gasteiger partial charge >= 0.3 is 5.97 Å². The normalized spacial score (nSPS) is 11.3. The van der Waals surface area contributed by atoms with Gasteiger partial charge in [-0.1, -0.05) is 98.8 Å². The average molecular weight is 388 g/mol. The quantitative estimate of drug-likeness (QED) is 0.479. The molecule has 4 nitrogen and oxygen atoms in total. The lowest BCUT2D eigenvalue weighted by molar-refractivity contribution is -0.160. The number of hydrogen-bond donors (Lipinski definition) is 1. The zero-order valence-corrected chi connectivity index (χ0v) is 16.5. The van der Waals surface area contributed by atoms with E-state index >= 15 is 0 Å². The molecule has 0 aromatic heterocycles. The second-order valence-electron chi connectivity index (χ2n) is 7.22. The maximum atomic E-state index is 12.9. The largest absolute Gasteiger partial charge is 0.455 e. The fourth-order valence-electron chi connectivity index (χ4n) is 3.13. The van der Waals surface area contributed by atoms with E-state index in [4.69, 9.17) is 4.74 Å². The second-order valence-corrected chi connectivity index (χ2v) is 7.22. The van der Waals surface area contributed by atoms with Crippen molar-refractivity contribution in [3.05, 3.63) is 107 Å². The molecule has 148 valence electrons. The summed E-state index contributed by atoms with van der Waals surface area (Å²) in [4.78, 5) is 25.4. The highest BCUT2D eigenvalue weighted by molar-refractivity contribution is 5.98. The number of rotatable bonds is 7. The summed E-state index contributed by atoms with van der Waals surface area (Å²) in [6.45, 7) is 3.71. The van der Waals surface area contributed by atoms with Crippen molar-refractivity contribution in [1.29, 1.82) is 0 Å². The van der Waals surface area contributed by atoms with Crippen molar-refractivity contribution in [2.24, 2.45) is 0 Å². The van der Waals surface area contributed by atoms with E-state index in [9.17, 15) is 14.7 Å². The standard InChI is InChI=1S/C25H24O4/c1-18(2)19-13-15-20(16-14-19)23(26)17-29-24(27)25(28,21-9-5-3-6-10-21)22-11-7-4-8-12-22/h3-16,18,28H,17H2,1-2H3. The third-order valence-electron chi connectivity index (χ3n) is 4.91. The number of hydrogen-bond acceptors (Lipinski definition) is 4. The first-order valence-electron chi connectivity index (χ1n) is 9.56. The lowest BCUT2D eigenvalue weighted by atomic mass is 9.86. The summed E-state index contributed by atoms with van der Waals surface area (Å²) in [7, 11) is 0. The predicted octanol–water partition coefficient (Wildman–Crippen LogP) is 4.47. The van der Waals surface area contributed by atoms with Crippen LogP contribution >= 0.6 is 0 Å². The number of aliphatic hydroxyl groups is 1. The van der Waals surface area contributed by atoms with Crippen molar-refractivity contribution in [3.8, 4) is 0 Å². The molecule has 0 radical (unpaired) electrons. The summed E-state index contributed by atoms with van der Waals surface area (Å²) in [6, 6.07) is 24.4. The molecular formula is C25H24O4. The highest BCUT2D eigenvalue weighted by Gasteiger charge is 2.41. The van der Waals surface area contributed by atoms with Gasteiger partial charge in [0, 0.05) is 5.56 Å². The Balaban J connectivity index is 1.80. The van der Waals surface area contributed by atoms with E-state index in [0.717, 1.165) is 5.56 Å². The lowest BCUT2D eigenvalue weighted by Crippen LogP contribution is -2.39. The highest BCUT2D eigenvalue weighted by atomic mass is 16.6. The number of carbonyl (C=O) groups excluding carboxylic acids is 2. The van der Waals surface area contributed by atoms with Crippen LogP contribution in [0, 0.1) is 0 Å². The van der Waals surface area contributed by atoms with Crippen LogP contribution in [0.1, 0.15) is 46.8 Å². The Labute approximate surface area is 170 Å². The first-order chi connectivity index (χ1) is 13.9. The van der Waals surface area contributed by atoms with Crippen molar-refractivity contribution in [2.45, 2.75) is 25.4 Å². The minimum atomic E-state index is -2.00. The molecule has 0 aliphatic heterocycles. The molecule has 0 amide bonds. The van der Waals surface area contributed by atoms with Crippen LogP contribution in [0.5, 0.6) is 0 Å². The Morgan fingerprint density at radius 2 is 1.31 bits per heavy atom. The second kappa shape index (κ2) is 8.84. The van der Waals surface area contributed by atoms with Gasteiger partial charge in [0.05, 0.1) is 0 Å². The molecule has 0 heterocycles. The number of ether oxygens (including phenoxy) is 1. The van der Waals surface area contributed by atoms with Crippen molar-refractivity contribution in [3.63, 3.8) is 0 Å². The van der Waals surface area contributed by atoms with Gasteiger partial charge < -0.3 is 9.84 Å². The number of ketones is 1. The minimum Gasteiger partial charge on any atom is -0.455 e. The van der Waals surface area contributed by atoms with Crippen LogP contribution in [-0.2, 0) is 15.1 Å². The molecule has 0 saturated heterocycles. The van der Waals surface area contributed by atoms with Gasteiger partial charge in [-0.2, -0.15) is 0 Å². The molecule has 3 aromatic rings. The van der Waals surface area contributed by atoms with Crippen molar-refractivity contribution in [1.82, 2.24) is 0 Å². The monoisotopic (exact) mass is 388 g/mol. The topological polar surface area (TPSA) is 63.6 Å². The molecule has 1 N–H and O–H groups in total. The first-order valence-corrected chi connectivity index (χ1v) is 9.56. The van der Waals surface area contributed by atoms with Gasteiger partial charge in [0.2, 0.25) is 5.60 Å². The molecule has 29 heavy (non-hydrogen) atoms. The maximum Gasteiger partial charge on any atom is 0.348 e. The van der Waals surface area contributed by atoms with E-state index in [0.29, 0.717) is 22.6 Å². The number of carbonyl (C=O) groups is 2. The Kier molecular flexibility index (Phi) is 6.25. The molecule has 0 spiro atoms. The van der Waals surface area contributed by atoms with Gasteiger partial charge in [0.25, 0.3) is 0 Å². The number of Topliss-reactive ketones (excluding diaryl/α,β-unsaturated/α-hetero) is 1. The van der Waals surface area contributed by atoms with Crippen molar-refractivity contribution < 1.29 is 19.4 Å². The van der Waals surface area contributed by atoms with Crippen LogP contribution in [0.4, 0.5) is 0 Å². The summed E-state index contributed by atoms with van der Waals surface area (Å²) < 4.78 is 5.27. The van der Waals surface area contributed by atoms with Gasteiger partial charge in [-0.05, 0) is 22.6 Å². The third-order valence-corrected chi connectivity index (χ3v) is 4.91. The van der Waals surface area contributed by atoms with E-state index in [1.165, 1.54) is 0 Å². The predicted molar refractivity (Wildman–Crippen MR) is 112 cm³/mol. The third kappa shape index (κ3) is 4.44. The molecular weight excluding hydrogens is 364 g/mol. The van der Waals surface area contributed by atoms with Crippen LogP contribution in [0.15, 0.2) is 84.9 Å². The van der Waals surface area contributed by atoms with E-state index in [1.54, 1.807) is 72.8 Å². The molecule has 0 atom stereocenters. The molecule has 0 saturated carbocycles. The fraction of sp³-hybridized carbons (Fsp3) is 0.200. The molecule has 3 rings (SSSR count). The molecule has 3 aromatic carbocycles.